The van der Waals surface area contributed by atoms with E-state index in [2.05, 4.69) is 36.3 Å². The molecule has 1 aromatic carbocycles. The summed E-state index contributed by atoms with van der Waals surface area (Å²) in [7, 11) is 5.69. The fraction of sp³-hybridized carbons (Fsp3) is 0.758. The number of hydrogen-bond donors (Lipinski definition) is 4. The molecule has 5 N–H and O–H groups in total. The van der Waals surface area contributed by atoms with Crippen LogP contribution in [0.4, 0.5) is 0 Å². The topological polar surface area (TPSA) is 126 Å². The molecule has 0 heterocycles. The number of methoxy groups -OCH3 is 1. The molecular weight excluding hydrogens is 603 g/mol. The van der Waals surface area contributed by atoms with Crippen molar-refractivity contribution < 1.29 is 24.2 Å². The zero-order chi connectivity index (χ0) is 31.7. The number of nitrogens with one attached hydrogen (secondary N) is 2. The summed E-state index contributed by atoms with van der Waals surface area (Å²) in [5, 5.41) is 17.1. The minimum Gasteiger partial charge on any atom is -0.493 e. The van der Waals surface area contributed by atoms with Crippen molar-refractivity contribution in [1.29, 1.82) is 0 Å². The normalized spacial score (nSPS) is 13.9. The number of carbonyl (C=O) groups excluding carboxylic acids is 2. The predicted octanol–water partition coefficient (Wildman–Crippen LogP) is 5.06. The van der Waals surface area contributed by atoms with Crippen molar-refractivity contribution in [1.82, 2.24) is 15.5 Å². The predicted molar refractivity (Wildman–Crippen MR) is 185 cm³/mol. The van der Waals surface area contributed by atoms with E-state index in [1.807, 2.05) is 46.1 Å². The Bertz CT molecular complexity index is 920. The second-order valence-electron chi connectivity index (χ2n) is 12.5. The number of halogens is 2. The molecule has 1 rings (SSSR count). The Morgan fingerprint density at radius 1 is 0.977 bits per heavy atom. The molecule has 1 aromatic rings. The van der Waals surface area contributed by atoms with Gasteiger partial charge in [-0.3, -0.25) is 9.59 Å². The maximum Gasteiger partial charge on any atom is 0.255 e. The van der Waals surface area contributed by atoms with Crippen molar-refractivity contribution in [3.8, 4) is 5.75 Å². The summed E-state index contributed by atoms with van der Waals surface area (Å²) >= 11 is 0. The molecule has 0 aliphatic rings. The van der Waals surface area contributed by atoms with E-state index in [1.54, 1.807) is 7.11 Å². The number of unbranched alkanes of at least 4 members (excludes halogenated alkanes) is 2. The zero-order valence-corrected chi connectivity index (χ0v) is 30.0. The third kappa shape index (κ3) is 17.2. The number of aliphatic hydroxyl groups is 1. The monoisotopic (exact) mass is 664 g/mol. The van der Waals surface area contributed by atoms with E-state index in [0.717, 1.165) is 37.8 Å². The molecular formula is C33H62Cl2N4O5. The Hall–Kier alpha value is -1.62. The van der Waals surface area contributed by atoms with Crippen LogP contribution in [-0.4, -0.2) is 81.5 Å². The number of nitrogens with zero attached hydrogens (tertiary/aromatic N) is 1. The van der Waals surface area contributed by atoms with Gasteiger partial charge in [0.25, 0.3) is 5.91 Å². The highest BCUT2D eigenvalue weighted by atomic mass is 35.5. The van der Waals surface area contributed by atoms with Gasteiger partial charge in [0.1, 0.15) is 5.75 Å². The van der Waals surface area contributed by atoms with E-state index in [4.69, 9.17) is 15.2 Å². The molecule has 4 atom stereocenters. The summed E-state index contributed by atoms with van der Waals surface area (Å²) < 4.78 is 11.2. The van der Waals surface area contributed by atoms with Crippen LogP contribution in [-0.2, 0) is 16.1 Å². The fourth-order valence-corrected chi connectivity index (χ4v) is 4.92. The van der Waals surface area contributed by atoms with Gasteiger partial charge >= 0.3 is 0 Å². The van der Waals surface area contributed by atoms with Crippen molar-refractivity contribution in [2.75, 3.05) is 47.5 Å². The van der Waals surface area contributed by atoms with Crippen molar-refractivity contribution in [3.05, 3.63) is 29.3 Å². The lowest BCUT2D eigenvalue weighted by Crippen LogP contribution is -2.44. The van der Waals surface area contributed by atoms with Gasteiger partial charge in [-0.2, -0.15) is 0 Å². The van der Waals surface area contributed by atoms with E-state index < -0.39 is 12.1 Å². The molecule has 9 nitrogen and oxygen atoms in total. The van der Waals surface area contributed by atoms with Crippen LogP contribution in [0.3, 0.4) is 0 Å². The van der Waals surface area contributed by atoms with Crippen molar-refractivity contribution in [3.63, 3.8) is 0 Å². The third-order valence-electron chi connectivity index (χ3n) is 7.79. The van der Waals surface area contributed by atoms with Gasteiger partial charge in [0.05, 0.1) is 18.3 Å². The second-order valence-corrected chi connectivity index (χ2v) is 12.5. The standard InChI is InChI=1S/C33H60N4O5.2ClH/c1-9-10-15-35-33(40)28(24(4)5)20-30(38)29(34)19-26(23(2)3)21-36-32(39)27-14-13-25(22-37(6)7)18-31(27)42-17-12-11-16-41-8;;/h13-14,18,23-24,26,28-30,38H,9-12,15-17,19-22,34H2,1-8H3,(H,35,40)(H,36,39);2*1H/t26-,28+,29+,30+;;/m1../s1. The van der Waals surface area contributed by atoms with E-state index in [9.17, 15) is 14.7 Å². The van der Waals surface area contributed by atoms with Gasteiger partial charge in [-0.05, 0) is 81.6 Å². The smallest absolute Gasteiger partial charge is 0.255 e. The minimum atomic E-state index is -0.811. The van der Waals surface area contributed by atoms with Gasteiger partial charge in [0.2, 0.25) is 5.91 Å². The Kier molecular flexibility index (Phi) is 24.9. The highest BCUT2D eigenvalue weighted by Gasteiger charge is 2.30. The summed E-state index contributed by atoms with van der Waals surface area (Å²) in [6.07, 6.45) is 3.71. The summed E-state index contributed by atoms with van der Waals surface area (Å²) in [5.74, 6) is 0.445. The maximum absolute atomic E-state index is 13.3. The summed E-state index contributed by atoms with van der Waals surface area (Å²) in [4.78, 5) is 28.2. The minimum absolute atomic E-state index is 0. The van der Waals surface area contributed by atoms with Crippen LogP contribution in [0.25, 0.3) is 0 Å². The summed E-state index contributed by atoms with van der Waals surface area (Å²) in [6, 6.07) is 5.23. The fourth-order valence-electron chi connectivity index (χ4n) is 4.92. The lowest BCUT2D eigenvalue weighted by molar-refractivity contribution is -0.127. The molecule has 44 heavy (non-hydrogen) atoms. The average Bonchev–Trinajstić information content (AvgIpc) is 2.92. The Balaban J connectivity index is 0. The van der Waals surface area contributed by atoms with Gasteiger partial charge in [0.15, 0.2) is 0 Å². The molecule has 0 aliphatic carbocycles. The SMILES string of the molecule is CCCCNC(=O)[C@@H](C[C@H](O)[C@@H](N)C[C@H](CNC(=O)c1ccc(CN(C)C)cc1OCCCCOC)C(C)C)C(C)C.Cl.Cl. The summed E-state index contributed by atoms with van der Waals surface area (Å²) in [5.41, 5.74) is 8.06. The molecule has 0 fully saturated rings. The molecule has 0 saturated carbocycles. The van der Waals surface area contributed by atoms with Crippen molar-refractivity contribution in [2.45, 2.75) is 91.8 Å². The van der Waals surface area contributed by atoms with E-state index in [1.165, 1.54) is 0 Å². The Morgan fingerprint density at radius 2 is 1.64 bits per heavy atom. The van der Waals surface area contributed by atoms with Crippen LogP contribution >= 0.6 is 24.8 Å². The third-order valence-corrected chi connectivity index (χ3v) is 7.79. The van der Waals surface area contributed by atoms with E-state index in [0.29, 0.717) is 50.5 Å². The van der Waals surface area contributed by atoms with Crippen LogP contribution < -0.4 is 21.1 Å². The van der Waals surface area contributed by atoms with Gasteiger partial charge < -0.3 is 35.8 Å². The maximum atomic E-state index is 13.3. The number of carbonyl (C=O) groups is 2. The molecule has 11 heteroatoms. The lowest BCUT2D eigenvalue weighted by Gasteiger charge is -2.30. The molecule has 2 amide bonds. The first-order chi connectivity index (χ1) is 19.9. The first-order valence-corrected chi connectivity index (χ1v) is 15.8. The van der Waals surface area contributed by atoms with Crippen LogP contribution in [0.5, 0.6) is 5.75 Å². The molecule has 0 aliphatic heterocycles. The first kappa shape index (κ1) is 44.5. The highest BCUT2D eigenvalue weighted by molar-refractivity contribution is 5.97. The number of amides is 2. The lowest BCUT2D eigenvalue weighted by atomic mass is 9.83. The first-order valence-electron chi connectivity index (χ1n) is 15.8. The molecule has 0 saturated heterocycles. The van der Waals surface area contributed by atoms with Crippen molar-refractivity contribution >= 4 is 36.6 Å². The van der Waals surface area contributed by atoms with Crippen LogP contribution in [0.1, 0.15) is 89.1 Å². The van der Waals surface area contributed by atoms with Gasteiger partial charge in [0, 0.05) is 45.3 Å². The second kappa shape index (κ2) is 24.6. The van der Waals surface area contributed by atoms with Crippen molar-refractivity contribution in [2.24, 2.45) is 29.4 Å². The summed E-state index contributed by atoms with van der Waals surface area (Å²) in [6.45, 7) is 13.3. The van der Waals surface area contributed by atoms with Crippen LogP contribution in [0.2, 0.25) is 0 Å². The molecule has 0 radical (unpaired) electrons. The highest BCUT2D eigenvalue weighted by Crippen LogP contribution is 2.25. The van der Waals surface area contributed by atoms with Gasteiger partial charge in [-0.15, -0.1) is 24.8 Å². The van der Waals surface area contributed by atoms with Crippen LogP contribution in [0, 0.1) is 23.7 Å². The average molecular weight is 666 g/mol. The number of benzene rings is 1. The number of nitrogens with two attached hydrogens (primary N) is 1. The molecule has 0 spiro atoms. The Morgan fingerprint density at radius 3 is 2.20 bits per heavy atom. The number of rotatable bonds is 22. The van der Waals surface area contributed by atoms with E-state index in [-0.39, 0.29) is 60.3 Å². The number of hydrogen-bond acceptors (Lipinski definition) is 7. The molecule has 0 bridgehead atoms. The number of ether oxygens (including phenoxy) is 2. The largest absolute Gasteiger partial charge is 0.493 e. The zero-order valence-electron chi connectivity index (χ0n) is 28.4. The molecule has 0 aromatic heterocycles. The molecule has 258 valence electrons. The quantitative estimate of drug-likeness (QED) is 0.128. The van der Waals surface area contributed by atoms with Crippen LogP contribution in [0.15, 0.2) is 18.2 Å². The van der Waals surface area contributed by atoms with Gasteiger partial charge in [-0.1, -0.05) is 47.1 Å². The van der Waals surface area contributed by atoms with Gasteiger partial charge in [-0.25, -0.2) is 0 Å². The number of aliphatic hydroxyl groups excluding tert-OH is 1. The Labute approximate surface area is 279 Å². The van der Waals surface area contributed by atoms with E-state index >= 15 is 0 Å². The molecule has 0 unspecified atom stereocenters.